The highest BCUT2D eigenvalue weighted by Gasteiger charge is 2.55. The second-order valence-corrected chi connectivity index (χ2v) is 5.75. The zero-order valence-electron chi connectivity index (χ0n) is 12.3. The summed E-state index contributed by atoms with van der Waals surface area (Å²) in [6, 6.07) is 7.38. The van der Waals surface area contributed by atoms with Gasteiger partial charge in [0.25, 0.3) is 0 Å². The molecular formula is C16H19NO5. The predicted octanol–water partition coefficient (Wildman–Crippen LogP) is 1.19. The van der Waals surface area contributed by atoms with E-state index in [1.165, 1.54) is 0 Å². The molecule has 2 saturated heterocycles. The fraction of sp³-hybridized carbons (Fsp3) is 0.500. The lowest BCUT2D eigenvalue weighted by Gasteiger charge is -2.23. The third kappa shape index (κ3) is 2.66. The van der Waals surface area contributed by atoms with Crippen molar-refractivity contribution in [3.8, 4) is 5.75 Å². The summed E-state index contributed by atoms with van der Waals surface area (Å²) in [4.78, 5) is 23.7. The van der Waals surface area contributed by atoms with Gasteiger partial charge in [0, 0.05) is 6.54 Å². The topological polar surface area (TPSA) is 84.9 Å². The van der Waals surface area contributed by atoms with Crippen LogP contribution >= 0.6 is 0 Å². The first-order chi connectivity index (χ1) is 10.6. The van der Waals surface area contributed by atoms with Crippen molar-refractivity contribution < 1.29 is 24.2 Å². The Labute approximate surface area is 128 Å². The van der Waals surface area contributed by atoms with Crippen molar-refractivity contribution in [2.45, 2.75) is 31.6 Å². The van der Waals surface area contributed by atoms with Gasteiger partial charge in [-0.15, -0.1) is 0 Å². The smallest absolute Gasteiger partial charge is 0.310 e. The first kappa shape index (κ1) is 14.8. The zero-order valence-corrected chi connectivity index (χ0v) is 12.3. The highest BCUT2D eigenvalue weighted by molar-refractivity contribution is 5.86. The molecule has 0 aromatic heterocycles. The second kappa shape index (κ2) is 5.96. The average Bonchev–Trinajstić information content (AvgIpc) is 3.14. The zero-order chi connectivity index (χ0) is 15.7. The molecule has 1 amide bonds. The van der Waals surface area contributed by atoms with Crippen molar-refractivity contribution in [3.05, 3.63) is 29.8 Å². The van der Waals surface area contributed by atoms with Crippen LogP contribution < -0.4 is 10.1 Å². The van der Waals surface area contributed by atoms with Gasteiger partial charge in [0.05, 0.1) is 31.2 Å². The number of fused-ring (bicyclic) bond motifs is 2. The lowest BCUT2D eigenvalue weighted by Crippen LogP contribution is -2.43. The summed E-state index contributed by atoms with van der Waals surface area (Å²) in [6.07, 6.45) is 0.903. The normalized spacial score (nSPS) is 29.3. The molecule has 2 fully saturated rings. The molecule has 0 aliphatic carbocycles. The fourth-order valence-electron chi connectivity index (χ4n) is 3.38. The summed E-state index contributed by atoms with van der Waals surface area (Å²) in [5, 5.41) is 12.1. The van der Waals surface area contributed by atoms with E-state index in [9.17, 15) is 14.7 Å². The first-order valence-corrected chi connectivity index (χ1v) is 7.39. The number of ether oxygens (including phenoxy) is 2. The molecule has 118 valence electrons. The number of hydrogen-bond acceptors (Lipinski definition) is 4. The van der Waals surface area contributed by atoms with Crippen molar-refractivity contribution in [3.63, 3.8) is 0 Å². The maximum Gasteiger partial charge on any atom is 0.310 e. The van der Waals surface area contributed by atoms with E-state index in [1.54, 1.807) is 7.11 Å². The van der Waals surface area contributed by atoms with Crippen LogP contribution in [0, 0.1) is 11.8 Å². The Morgan fingerprint density at radius 2 is 1.86 bits per heavy atom. The number of nitrogens with one attached hydrogen (secondary N) is 1. The Bertz CT molecular complexity index is 570. The van der Waals surface area contributed by atoms with Crippen molar-refractivity contribution in [2.24, 2.45) is 11.8 Å². The Morgan fingerprint density at radius 1 is 1.23 bits per heavy atom. The minimum Gasteiger partial charge on any atom is -0.497 e. The molecule has 0 spiro atoms. The number of hydrogen-bond donors (Lipinski definition) is 2. The van der Waals surface area contributed by atoms with Gasteiger partial charge in [-0.05, 0) is 30.5 Å². The highest BCUT2D eigenvalue weighted by atomic mass is 16.5. The summed E-state index contributed by atoms with van der Waals surface area (Å²) in [7, 11) is 1.60. The molecule has 0 radical (unpaired) electrons. The average molecular weight is 305 g/mol. The molecule has 6 nitrogen and oxygen atoms in total. The lowest BCUT2D eigenvalue weighted by atomic mass is 9.78. The van der Waals surface area contributed by atoms with Crippen LogP contribution in [-0.2, 0) is 20.9 Å². The van der Waals surface area contributed by atoms with Crippen LogP contribution in [0.2, 0.25) is 0 Å². The molecule has 2 aliphatic heterocycles. The molecule has 6 heteroatoms. The summed E-state index contributed by atoms with van der Waals surface area (Å²) in [5.74, 6) is -1.75. The molecule has 1 aromatic rings. The van der Waals surface area contributed by atoms with Gasteiger partial charge >= 0.3 is 5.97 Å². The van der Waals surface area contributed by atoms with Gasteiger partial charge in [0.2, 0.25) is 5.91 Å². The van der Waals surface area contributed by atoms with Crippen LogP contribution in [-0.4, -0.2) is 36.3 Å². The van der Waals surface area contributed by atoms with Gasteiger partial charge in [0.15, 0.2) is 0 Å². The molecule has 2 heterocycles. The Balaban J connectivity index is 1.62. The fourth-order valence-corrected chi connectivity index (χ4v) is 3.38. The van der Waals surface area contributed by atoms with Gasteiger partial charge in [-0.3, -0.25) is 9.59 Å². The molecule has 22 heavy (non-hydrogen) atoms. The van der Waals surface area contributed by atoms with Gasteiger partial charge in [-0.2, -0.15) is 0 Å². The molecule has 1 aromatic carbocycles. The molecule has 0 saturated carbocycles. The number of aliphatic carboxylic acids is 1. The molecular weight excluding hydrogens is 286 g/mol. The third-order valence-corrected chi connectivity index (χ3v) is 4.49. The van der Waals surface area contributed by atoms with Crippen molar-refractivity contribution in [1.29, 1.82) is 0 Å². The highest BCUT2D eigenvalue weighted by Crippen LogP contribution is 2.43. The van der Waals surface area contributed by atoms with Gasteiger partial charge in [-0.25, -0.2) is 0 Å². The van der Waals surface area contributed by atoms with Crippen LogP contribution in [0.4, 0.5) is 0 Å². The van der Waals surface area contributed by atoms with Crippen molar-refractivity contribution >= 4 is 11.9 Å². The van der Waals surface area contributed by atoms with Crippen LogP contribution in [0.3, 0.4) is 0 Å². The van der Waals surface area contributed by atoms with Gasteiger partial charge in [0.1, 0.15) is 5.75 Å². The number of carboxylic acid groups (broad SMARTS) is 1. The van der Waals surface area contributed by atoms with E-state index in [-0.39, 0.29) is 18.1 Å². The first-order valence-electron chi connectivity index (χ1n) is 7.39. The molecule has 2 bridgehead atoms. The number of benzene rings is 1. The van der Waals surface area contributed by atoms with Crippen molar-refractivity contribution in [1.82, 2.24) is 5.32 Å². The lowest BCUT2D eigenvalue weighted by molar-refractivity contribution is -0.147. The summed E-state index contributed by atoms with van der Waals surface area (Å²) >= 11 is 0. The minimum absolute atomic E-state index is 0.240. The molecule has 0 unspecified atom stereocenters. The third-order valence-electron chi connectivity index (χ3n) is 4.49. The summed E-state index contributed by atoms with van der Waals surface area (Å²) in [5.41, 5.74) is 0.935. The predicted molar refractivity (Wildman–Crippen MR) is 77.4 cm³/mol. The number of carbonyl (C=O) groups excluding carboxylic acids is 1. The monoisotopic (exact) mass is 305 g/mol. The van der Waals surface area contributed by atoms with E-state index in [0.717, 1.165) is 24.2 Å². The van der Waals surface area contributed by atoms with E-state index in [0.29, 0.717) is 6.54 Å². The van der Waals surface area contributed by atoms with Crippen LogP contribution in [0.25, 0.3) is 0 Å². The quantitative estimate of drug-likeness (QED) is 0.853. The number of methoxy groups -OCH3 is 1. The van der Waals surface area contributed by atoms with Gasteiger partial charge < -0.3 is 19.9 Å². The molecule has 2 N–H and O–H groups in total. The maximum atomic E-state index is 12.4. The molecule has 2 aliphatic rings. The molecule has 3 rings (SSSR count). The molecule has 4 atom stereocenters. The largest absolute Gasteiger partial charge is 0.497 e. The number of amides is 1. The second-order valence-electron chi connectivity index (χ2n) is 5.75. The van der Waals surface area contributed by atoms with E-state index < -0.39 is 17.8 Å². The number of carboxylic acids is 1. The summed E-state index contributed by atoms with van der Waals surface area (Å²) < 4.78 is 10.7. The Hall–Kier alpha value is -2.08. The minimum atomic E-state index is -0.947. The van der Waals surface area contributed by atoms with E-state index >= 15 is 0 Å². The van der Waals surface area contributed by atoms with E-state index in [4.69, 9.17) is 9.47 Å². The SMILES string of the molecule is COc1ccc(CNC(=O)[C@@H]2[C@@H](C(=O)O)[C@H]3CC[C@H]2O3)cc1. The van der Waals surface area contributed by atoms with Crippen molar-refractivity contribution in [2.75, 3.05) is 7.11 Å². The van der Waals surface area contributed by atoms with Crippen LogP contribution in [0.1, 0.15) is 18.4 Å². The Morgan fingerprint density at radius 3 is 2.45 bits per heavy atom. The summed E-state index contributed by atoms with van der Waals surface area (Å²) in [6.45, 7) is 0.364. The Kier molecular flexibility index (Phi) is 4.02. The number of carbonyl (C=O) groups is 2. The number of rotatable bonds is 5. The van der Waals surface area contributed by atoms with E-state index in [1.807, 2.05) is 24.3 Å². The maximum absolute atomic E-state index is 12.4. The van der Waals surface area contributed by atoms with Crippen LogP contribution in [0.15, 0.2) is 24.3 Å². The standard InChI is InChI=1S/C16H19NO5/c1-21-10-4-2-9(3-5-10)8-17-15(18)13-11-6-7-12(22-11)14(13)16(19)20/h2-5,11-14H,6-8H2,1H3,(H,17,18)(H,19,20)/t11-,12-,13+,14+/m1/s1. The van der Waals surface area contributed by atoms with E-state index in [2.05, 4.69) is 5.32 Å². The van der Waals surface area contributed by atoms with Gasteiger partial charge in [-0.1, -0.05) is 12.1 Å². The van der Waals surface area contributed by atoms with Crippen LogP contribution in [0.5, 0.6) is 5.75 Å².